The van der Waals surface area contributed by atoms with Crippen LogP contribution in [0.2, 0.25) is 0 Å². The second-order valence-electron chi connectivity index (χ2n) is 7.84. The lowest BCUT2D eigenvalue weighted by atomic mass is 9.82. The second kappa shape index (κ2) is 6.07. The smallest absolute Gasteiger partial charge is 0.0823 e. The number of hydrogen-bond acceptors (Lipinski definition) is 1. The topological polar surface area (TPSA) is 0 Å². The van der Waals surface area contributed by atoms with Gasteiger partial charge < -0.3 is 0 Å². The molecule has 0 aliphatic carbocycles. The molecule has 0 saturated carbocycles. The molecule has 1 aliphatic rings. The molecule has 25 heavy (non-hydrogen) atoms. The third kappa shape index (κ3) is 2.91. The van der Waals surface area contributed by atoms with Gasteiger partial charge in [0, 0.05) is 0 Å². The zero-order valence-corrected chi connectivity index (χ0v) is 15.9. The minimum absolute atomic E-state index is 0.0407. The summed E-state index contributed by atoms with van der Waals surface area (Å²) in [7, 11) is 0. The third-order valence-corrected chi connectivity index (χ3v) is 6.79. The van der Waals surface area contributed by atoms with Crippen molar-refractivity contribution in [2.75, 3.05) is 0 Å². The molecule has 1 saturated heterocycles. The largest absolute Gasteiger partial charge is 0.134 e. The van der Waals surface area contributed by atoms with Gasteiger partial charge in [-0.2, -0.15) is 0 Å². The second-order valence-corrected chi connectivity index (χ2v) is 9.19. The average molecular weight is 345 g/mol. The maximum atomic E-state index is 2.34. The van der Waals surface area contributed by atoms with E-state index in [0.717, 1.165) is 0 Å². The Morgan fingerprint density at radius 1 is 0.680 bits per heavy atom. The van der Waals surface area contributed by atoms with E-state index in [4.69, 9.17) is 0 Å². The summed E-state index contributed by atoms with van der Waals surface area (Å²) < 4.78 is 0.0407. The Hall–Kier alpha value is -1.99. The first-order valence-electron chi connectivity index (χ1n) is 8.91. The summed E-state index contributed by atoms with van der Waals surface area (Å²) >= 11 is 2.06. The van der Waals surface area contributed by atoms with Crippen LogP contribution in [0.4, 0.5) is 0 Å². The van der Waals surface area contributed by atoms with E-state index in [2.05, 4.69) is 117 Å². The van der Waals surface area contributed by atoms with Crippen LogP contribution < -0.4 is 0 Å². The van der Waals surface area contributed by atoms with Crippen molar-refractivity contribution in [2.24, 2.45) is 0 Å². The minimum Gasteiger partial charge on any atom is -0.134 e. The van der Waals surface area contributed by atoms with E-state index < -0.39 is 0 Å². The van der Waals surface area contributed by atoms with Crippen LogP contribution in [0, 0.1) is 0 Å². The lowest BCUT2D eigenvalue weighted by Crippen LogP contribution is -2.14. The van der Waals surface area contributed by atoms with Crippen molar-refractivity contribution in [1.29, 1.82) is 0 Å². The van der Waals surface area contributed by atoms with Crippen molar-refractivity contribution in [3.63, 3.8) is 0 Å². The highest BCUT2D eigenvalue weighted by Crippen LogP contribution is 2.74. The molecular formula is C24H24S. The fraction of sp³-hybridized carbons (Fsp3) is 0.250. The van der Waals surface area contributed by atoms with Crippen LogP contribution in [0.15, 0.2) is 84.9 Å². The molecule has 0 nitrogen and oxygen atoms in total. The van der Waals surface area contributed by atoms with Gasteiger partial charge in [-0.1, -0.05) is 106 Å². The molecule has 126 valence electrons. The summed E-state index contributed by atoms with van der Waals surface area (Å²) in [4.78, 5) is 0. The van der Waals surface area contributed by atoms with Gasteiger partial charge in [0.2, 0.25) is 0 Å². The predicted molar refractivity (Wildman–Crippen MR) is 109 cm³/mol. The van der Waals surface area contributed by atoms with Crippen LogP contribution in [0.5, 0.6) is 0 Å². The number of hydrogen-bond donors (Lipinski definition) is 0. The molecule has 1 aliphatic heterocycles. The lowest BCUT2D eigenvalue weighted by Gasteiger charge is -2.22. The molecule has 1 heteroatoms. The molecule has 0 bridgehead atoms. The zero-order chi connectivity index (χ0) is 17.5. The molecule has 3 aromatic carbocycles. The Bertz CT molecular complexity index is 844. The van der Waals surface area contributed by atoms with E-state index in [1.165, 1.54) is 22.3 Å². The van der Waals surface area contributed by atoms with Crippen molar-refractivity contribution in [3.05, 3.63) is 107 Å². The molecule has 0 amide bonds. The highest BCUT2D eigenvalue weighted by atomic mass is 32.2. The summed E-state index contributed by atoms with van der Waals surface area (Å²) in [5.41, 5.74) is 5.80. The normalized spacial score (nSPS) is 22.6. The zero-order valence-electron chi connectivity index (χ0n) is 15.1. The van der Waals surface area contributed by atoms with E-state index in [0.29, 0.717) is 5.25 Å². The van der Waals surface area contributed by atoms with Crippen LogP contribution in [-0.4, -0.2) is 0 Å². The number of thioether (sulfide) groups is 1. The van der Waals surface area contributed by atoms with Crippen LogP contribution >= 0.6 is 11.8 Å². The molecule has 1 fully saturated rings. The Balaban J connectivity index is 1.78. The highest BCUT2D eigenvalue weighted by molar-refractivity contribution is 8.07. The van der Waals surface area contributed by atoms with Crippen LogP contribution in [0.1, 0.15) is 48.3 Å². The van der Waals surface area contributed by atoms with Crippen molar-refractivity contribution in [3.8, 4) is 0 Å². The van der Waals surface area contributed by atoms with Gasteiger partial charge >= 0.3 is 0 Å². The van der Waals surface area contributed by atoms with E-state index in [-0.39, 0.29) is 10.2 Å². The summed E-state index contributed by atoms with van der Waals surface area (Å²) in [6.07, 6.45) is 0. The van der Waals surface area contributed by atoms with Crippen molar-refractivity contribution < 1.29 is 0 Å². The Morgan fingerprint density at radius 2 is 1.20 bits per heavy atom. The molecule has 0 radical (unpaired) electrons. The maximum Gasteiger partial charge on any atom is 0.0823 e. The standard InChI is InChI=1S/C24H24S/c1-23(2,3)19-14-16-21(17-15-19)24(20-12-8-5-9-13-20)22(25-24)18-10-6-4-7-11-18/h4-17,22H,1-3H3. The van der Waals surface area contributed by atoms with Crippen LogP contribution in [-0.2, 0) is 10.2 Å². The minimum atomic E-state index is 0.0407. The molecule has 0 aromatic heterocycles. The summed E-state index contributed by atoms with van der Waals surface area (Å²) in [6, 6.07) is 31.1. The van der Waals surface area contributed by atoms with Crippen LogP contribution in [0.3, 0.4) is 0 Å². The molecule has 4 rings (SSSR count). The van der Waals surface area contributed by atoms with Gasteiger partial charge in [0.15, 0.2) is 0 Å². The van der Waals surface area contributed by atoms with E-state index >= 15 is 0 Å². The maximum absolute atomic E-state index is 2.34. The van der Waals surface area contributed by atoms with Gasteiger partial charge in [-0.3, -0.25) is 0 Å². The van der Waals surface area contributed by atoms with Gasteiger partial charge in [-0.05, 0) is 27.7 Å². The summed E-state index contributed by atoms with van der Waals surface area (Å²) in [5.74, 6) is 0. The fourth-order valence-electron chi connectivity index (χ4n) is 3.59. The molecular weight excluding hydrogens is 320 g/mol. The van der Waals surface area contributed by atoms with Crippen LogP contribution in [0.25, 0.3) is 0 Å². The third-order valence-electron chi connectivity index (χ3n) is 5.10. The summed E-state index contributed by atoms with van der Waals surface area (Å²) in [5, 5.41) is 0.483. The van der Waals surface area contributed by atoms with Gasteiger partial charge in [-0.25, -0.2) is 0 Å². The fourth-order valence-corrected chi connectivity index (χ4v) is 5.14. The Kier molecular flexibility index (Phi) is 4.00. The van der Waals surface area contributed by atoms with Crippen molar-refractivity contribution >= 4 is 11.8 Å². The quantitative estimate of drug-likeness (QED) is 0.475. The first kappa shape index (κ1) is 16.5. The number of benzene rings is 3. The van der Waals surface area contributed by atoms with Crippen molar-refractivity contribution in [2.45, 2.75) is 36.2 Å². The van der Waals surface area contributed by atoms with Crippen molar-refractivity contribution in [1.82, 2.24) is 0 Å². The molecule has 0 N–H and O–H groups in total. The lowest BCUT2D eigenvalue weighted by molar-refractivity contribution is 0.589. The van der Waals surface area contributed by atoms with Gasteiger partial charge in [0.1, 0.15) is 0 Å². The molecule has 0 spiro atoms. The highest BCUT2D eigenvalue weighted by Gasteiger charge is 2.58. The van der Waals surface area contributed by atoms with E-state index in [1.54, 1.807) is 0 Å². The number of rotatable bonds is 3. The predicted octanol–water partition coefficient (Wildman–Crippen LogP) is 6.72. The SMILES string of the molecule is CC(C)(C)c1ccc(C2(c3ccccc3)SC2c2ccccc2)cc1. The van der Waals surface area contributed by atoms with Gasteiger partial charge in [0.05, 0.1) is 10.00 Å². The Morgan fingerprint density at radius 3 is 1.76 bits per heavy atom. The molecule has 2 unspecified atom stereocenters. The monoisotopic (exact) mass is 344 g/mol. The molecule has 1 heterocycles. The van der Waals surface area contributed by atoms with Gasteiger partial charge in [0.25, 0.3) is 0 Å². The molecule has 2 atom stereocenters. The first-order valence-corrected chi connectivity index (χ1v) is 9.79. The molecule has 3 aromatic rings. The summed E-state index contributed by atoms with van der Waals surface area (Å²) in [6.45, 7) is 6.81. The Labute approximate surface area is 155 Å². The van der Waals surface area contributed by atoms with Gasteiger partial charge in [-0.15, -0.1) is 11.8 Å². The van der Waals surface area contributed by atoms with E-state index in [1.807, 2.05) is 0 Å². The average Bonchev–Trinajstić information content (AvgIpc) is 3.40. The first-order chi connectivity index (χ1) is 12.0. The van der Waals surface area contributed by atoms with E-state index in [9.17, 15) is 0 Å².